The molecule has 0 aliphatic carbocycles. The molecule has 0 fully saturated rings. The first-order chi connectivity index (χ1) is 7.64. The zero-order valence-corrected chi connectivity index (χ0v) is 9.78. The Labute approximate surface area is 95.3 Å². The fourth-order valence-electron chi connectivity index (χ4n) is 1.12. The van der Waals surface area contributed by atoms with E-state index in [1.165, 1.54) is 6.33 Å². The molecule has 1 aromatic rings. The van der Waals surface area contributed by atoms with Crippen LogP contribution >= 0.6 is 0 Å². The van der Waals surface area contributed by atoms with Crippen LogP contribution in [-0.2, 0) is 16.6 Å². The van der Waals surface area contributed by atoms with Gasteiger partial charge in [-0.25, -0.2) is 23.1 Å². The summed E-state index contributed by atoms with van der Waals surface area (Å²) in [5.74, 6) is 0.106. The minimum absolute atomic E-state index is 0.106. The van der Waals surface area contributed by atoms with Crippen molar-refractivity contribution in [3.63, 3.8) is 0 Å². The van der Waals surface area contributed by atoms with Crippen molar-refractivity contribution in [2.75, 3.05) is 12.3 Å². The van der Waals surface area contributed by atoms with Crippen molar-refractivity contribution in [3.05, 3.63) is 24.3 Å². The number of hydrogen-bond acceptors (Lipinski definition) is 5. The van der Waals surface area contributed by atoms with E-state index in [2.05, 4.69) is 14.7 Å². The summed E-state index contributed by atoms with van der Waals surface area (Å²) in [6.07, 6.45) is 4.26. The van der Waals surface area contributed by atoms with Gasteiger partial charge in [0.25, 0.3) is 0 Å². The second-order valence-corrected chi connectivity index (χ2v) is 5.26. The standard InChI is InChI=1S/C9H16N4O2S/c10-4-1-2-6-16(14,15)13-7-9-3-5-11-8-12-9/h3,5,8,13H,1-2,4,6-7,10H2. The van der Waals surface area contributed by atoms with E-state index in [4.69, 9.17) is 5.73 Å². The van der Waals surface area contributed by atoms with Crippen LogP contribution in [0.2, 0.25) is 0 Å². The number of nitrogens with two attached hydrogens (primary N) is 1. The lowest BCUT2D eigenvalue weighted by Gasteiger charge is -2.05. The predicted octanol–water partition coefficient (Wildman–Crippen LogP) is -0.365. The third-order valence-electron chi connectivity index (χ3n) is 1.98. The lowest BCUT2D eigenvalue weighted by Crippen LogP contribution is -2.26. The summed E-state index contributed by atoms with van der Waals surface area (Å²) in [7, 11) is -3.22. The molecule has 0 saturated carbocycles. The Hall–Kier alpha value is -1.05. The largest absolute Gasteiger partial charge is 0.330 e. The molecule has 0 amide bonds. The minimum Gasteiger partial charge on any atom is -0.330 e. The van der Waals surface area contributed by atoms with Gasteiger partial charge in [-0.3, -0.25) is 0 Å². The Morgan fingerprint density at radius 3 is 2.81 bits per heavy atom. The molecule has 0 bridgehead atoms. The zero-order valence-electron chi connectivity index (χ0n) is 8.96. The maximum absolute atomic E-state index is 11.5. The van der Waals surface area contributed by atoms with E-state index in [9.17, 15) is 8.42 Å². The molecule has 7 heteroatoms. The molecule has 0 radical (unpaired) electrons. The molecule has 1 rings (SSSR count). The van der Waals surface area contributed by atoms with Gasteiger partial charge in [0.05, 0.1) is 18.0 Å². The van der Waals surface area contributed by atoms with Gasteiger partial charge < -0.3 is 5.73 Å². The van der Waals surface area contributed by atoms with Crippen LogP contribution < -0.4 is 10.5 Å². The second-order valence-electron chi connectivity index (χ2n) is 3.34. The third kappa shape index (κ3) is 5.15. The number of hydrogen-bond donors (Lipinski definition) is 2. The molecule has 0 spiro atoms. The Morgan fingerprint density at radius 1 is 1.38 bits per heavy atom. The van der Waals surface area contributed by atoms with Gasteiger partial charge in [0.2, 0.25) is 10.0 Å². The van der Waals surface area contributed by atoms with E-state index in [1.54, 1.807) is 12.3 Å². The smallest absolute Gasteiger partial charge is 0.211 e. The Balaban J connectivity index is 2.36. The molecule has 1 heterocycles. The van der Waals surface area contributed by atoms with Crippen molar-refractivity contribution in [1.82, 2.24) is 14.7 Å². The predicted molar refractivity (Wildman–Crippen MR) is 60.9 cm³/mol. The van der Waals surface area contributed by atoms with E-state index < -0.39 is 10.0 Å². The molecule has 16 heavy (non-hydrogen) atoms. The van der Waals surface area contributed by atoms with Crippen molar-refractivity contribution in [2.45, 2.75) is 19.4 Å². The number of rotatable bonds is 7. The molecule has 90 valence electrons. The molecule has 0 atom stereocenters. The van der Waals surface area contributed by atoms with Crippen LogP contribution in [0.25, 0.3) is 0 Å². The molecule has 1 aromatic heterocycles. The van der Waals surface area contributed by atoms with Crippen molar-refractivity contribution in [1.29, 1.82) is 0 Å². The third-order valence-corrected chi connectivity index (χ3v) is 3.39. The van der Waals surface area contributed by atoms with Crippen molar-refractivity contribution in [2.24, 2.45) is 5.73 Å². The van der Waals surface area contributed by atoms with E-state index in [0.717, 1.165) is 0 Å². The van der Waals surface area contributed by atoms with Crippen molar-refractivity contribution < 1.29 is 8.42 Å². The average Bonchev–Trinajstić information content (AvgIpc) is 2.28. The van der Waals surface area contributed by atoms with Crippen LogP contribution in [0, 0.1) is 0 Å². The van der Waals surface area contributed by atoms with Crippen LogP contribution in [0.4, 0.5) is 0 Å². The van der Waals surface area contributed by atoms with E-state index in [-0.39, 0.29) is 12.3 Å². The second kappa shape index (κ2) is 6.51. The molecule has 0 unspecified atom stereocenters. The molecule has 3 N–H and O–H groups in total. The Kier molecular flexibility index (Phi) is 5.30. The summed E-state index contributed by atoms with van der Waals surface area (Å²) in [6.45, 7) is 0.717. The monoisotopic (exact) mass is 244 g/mol. The van der Waals surface area contributed by atoms with E-state index >= 15 is 0 Å². The molecule has 0 aliphatic heterocycles. The lowest BCUT2D eigenvalue weighted by molar-refractivity contribution is 0.576. The summed E-state index contributed by atoms with van der Waals surface area (Å²) in [6, 6.07) is 1.67. The topological polar surface area (TPSA) is 98.0 Å². The summed E-state index contributed by atoms with van der Waals surface area (Å²) in [5, 5.41) is 0. The lowest BCUT2D eigenvalue weighted by atomic mass is 10.3. The molecule has 6 nitrogen and oxygen atoms in total. The molecule has 0 saturated heterocycles. The van der Waals surface area contributed by atoms with Crippen molar-refractivity contribution in [3.8, 4) is 0 Å². The maximum Gasteiger partial charge on any atom is 0.211 e. The van der Waals surface area contributed by atoms with Gasteiger partial charge in [-0.05, 0) is 25.5 Å². The Bertz CT molecular complexity index is 393. The first-order valence-electron chi connectivity index (χ1n) is 5.06. The van der Waals surface area contributed by atoms with Crippen LogP contribution in [0.1, 0.15) is 18.5 Å². The highest BCUT2D eigenvalue weighted by Crippen LogP contribution is 1.96. The highest BCUT2D eigenvalue weighted by Gasteiger charge is 2.09. The quantitative estimate of drug-likeness (QED) is 0.638. The average molecular weight is 244 g/mol. The highest BCUT2D eigenvalue weighted by atomic mass is 32.2. The summed E-state index contributed by atoms with van der Waals surface area (Å²) in [4.78, 5) is 7.67. The van der Waals surface area contributed by atoms with Crippen LogP contribution in [0.5, 0.6) is 0 Å². The molecule has 0 aliphatic rings. The van der Waals surface area contributed by atoms with Gasteiger partial charge >= 0.3 is 0 Å². The number of nitrogens with one attached hydrogen (secondary N) is 1. The fourth-order valence-corrected chi connectivity index (χ4v) is 2.21. The van der Waals surface area contributed by atoms with Gasteiger partial charge in [0.15, 0.2) is 0 Å². The normalized spacial score (nSPS) is 11.6. The van der Waals surface area contributed by atoms with Crippen LogP contribution in [-0.4, -0.2) is 30.7 Å². The van der Waals surface area contributed by atoms with Gasteiger partial charge in [-0.2, -0.15) is 0 Å². The van der Waals surface area contributed by atoms with E-state index in [0.29, 0.717) is 25.1 Å². The van der Waals surface area contributed by atoms with Gasteiger partial charge in [-0.1, -0.05) is 0 Å². The molecule has 0 aromatic carbocycles. The number of sulfonamides is 1. The van der Waals surface area contributed by atoms with Crippen LogP contribution in [0.3, 0.4) is 0 Å². The van der Waals surface area contributed by atoms with Gasteiger partial charge in [-0.15, -0.1) is 0 Å². The summed E-state index contributed by atoms with van der Waals surface area (Å²) in [5.41, 5.74) is 5.94. The maximum atomic E-state index is 11.5. The van der Waals surface area contributed by atoms with E-state index in [1.807, 2.05) is 0 Å². The molecular weight excluding hydrogens is 228 g/mol. The van der Waals surface area contributed by atoms with Gasteiger partial charge in [0, 0.05) is 6.20 Å². The summed E-state index contributed by atoms with van der Waals surface area (Å²) < 4.78 is 25.4. The minimum atomic E-state index is -3.22. The van der Waals surface area contributed by atoms with Gasteiger partial charge in [0.1, 0.15) is 6.33 Å². The summed E-state index contributed by atoms with van der Waals surface area (Å²) >= 11 is 0. The zero-order chi connectivity index (χ0) is 11.9. The fraction of sp³-hybridized carbons (Fsp3) is 0.556. The first kappa shape index (κ1) is 13.0. The molecular formula is C9H16N4O2S. The number of unbranched alkanes of at least 4 members (excludes halogenated alkanes) is 1. The van der Waals surface area contributed by atoms with Crippen LogP contribution in [0.15, 0.2) is 18.6 Å². The van der Waals surface area contributed by atoms with Crippen molar-refractivity contribution >= 4 is 10.0 Å². The first-order valence-corrected chi connectivity index (χ1v) is 6.71. The Morgan fingerprint density at radius 2 is 2.19 bits per heavy atom. The SMILES string of the molecule is NCCCCS(=O)(=O)NCc1ccncn1. The number of nitrogens with zero attached hydrogens (tertiary/aromatic N) is 2. The number of aromatic nitrogens is 2. The highest BCUT2D eigenvalue weighted by molar-refractivity contribution is 7.89.